The lowest BCUT2D eigenvalue weighted by Crippen LogP contribution is -2.08. The standard InChI is InChI=1S/C16H18N2O2S2/c1-8-4-5-11-12(6-8)21-15-13(11)16(18-7-17-15)22-14(9(2)19)10(3)20/h7-8,19H,4-6H2,1-3H3/b14-9-/t8-/m0/s1. The van der Waals surface area contributed by atoms with Crippen LogP contribution >= 0.6 is 23.1 Å². The van der Waals surface area contributed by atoms with Gasteiger partial charge in [0.2, 0.25) is 0 Å². The predicted molar refractivity (Wildman–Crippen MR) is 90.5 cm³/mol. The van der Waals surface area contributed by atoms with E-state index in [0.29, 0.717) is 10.8 Å². The Morgan fingerprint density at radius 1 is 1.41 bits per heavy atom. The van der Waals surface area contributed by atoms with Gasteiger partial charge in [-0.05, 0) is 44.6 Å². The first-order valence-electron chi connectivity index (χ1n) is 7.31. The summed E-state index contributed by atoms with van der Waals surface area (Å²) in [5.41, 5.74) is 1.33. The molecule has 2 aromatic heterocycles. The molecule has 0 spiro atoms. The number of ketones is 1. The molecule has 0 amide bonds. The summed E-state index contributed by atoms with van der Waals surface area (Å²) < 4.78 is 0. The van der Waals surface area contributed by atoms with Crippen LogP contribution in [-0.4, -0.2) is 20.9 Å². The van der Waals surface area contributed by atoms with Gasteiger partial charge in [-0.2, -0.15) is 0 Å². The van der Waals surface area contributed by atoms with E-state index in [0.717, 1.165) is 28.1 Å². The van der Waals surface area contributed by atoms with Gasteiger partial charge in [0, 0.05) is 10.3 Å². The average molecular weight is 334 g/mol. The van der Waals surface area contributed by atoms with E-state index < -0.39 is 0 Å². The number of nitrogens with zero attached hydrogens (tertiary/aromatic N) is 2. The molecule has 6 heteroatoms. The zero-order valence-corrected chi connectivity index (χ0v) is 14.5. The molecule has 0 bridgehead atoms. The fourth-order valence-electron chi connectivity index (χ4n) is 2.82. The van der Waals surface area contributed by atoms with Crippen LogP contribution in [0, 0.1) is 5.92 Å². The molecule has 0 radical (unpaired) electrons. The second-order valence-electron chi connectivity index (χ2n) is 5.78. The number of fused-ring (bicyclic) bond motifs is 3. The van der Waals surface area contributed by atoms with Gasteiger partial charge >= 0.3 is 0 Å². The van der Waals surface area contributed by atoms with Crippen molar-refractivity contribution in [3.05, 3.63) is 27.4 Å². The lowest BCUT2D eigenvalue weighted by Gasteiger charge is -2.18. The van der Waals surface area contributed by atoms with Crippen molar-refractivity contribution in [2.24, 2.45) is 5.92 Å². The molecule has 4 nitrogen and oxygen atoms in total. The Kier molecular flexibility index (Phi) is 4.23. The maximum Gasteiger partial charge on any atom is 0.169 e. The van der Waals surface area contributed by atoms with Crippen LogP contribution in [0.25, 0.3) is 10.2 Å². The molecule has 116 valence electrons. The lowest BCUT2D eigenvalue weighted by molar-refractivity contribution is -0.113. The summed E-state index contributed by atoms with van der Waals surface area (Å²) in [5, 5.41) is 11.6. The first kappa shape index (κ1) is 15.5. The molecule has 1 N–H and O–H groups in total. The fourth-order valence-corrected chi connectivity index (χ4v) is 5.14. The van der Waals surface area contributed by atoms with E-state index in [2.05, 4.69) is 16.9 Å². The van der Waals surface area contributed by atoms with Crippen LogP contribution in [0.2, 0.25) is 0 Å². The van der Waals surface area contributed by atoms with E-state index in [9.17, 15) is 9.90 Å². The molecule has 0 fully saturated rings. The van der Waals surface area contributed by atoms with Crippen molar-refractivity contribution in [1.29, 1.82) is 0 Å². The Hall–Kier alpha value is -1.40. The number of aryl methyl sites for hydroxylation is 1. The van der Waals surface area contributed by atoms with Crippen molar-refractivity contribution in [2.45, 2.75) is 45.1 Å². The number of aliphatic hydroxyl groups is 1. The summed E-state index contributed by atoms with van der Waals surface area (Å²) in [5.74, 6) is 0.605. The van der Waals surface area contributed by atoms with Gasteiger partial charge in [0.05, 0.1) is 4.91 Å². The van der Waals surface area contributed by atoms with Crippen LogP contribution in [0.4, 0.5) is 0 Å². The number of thioether (sulfide) groups is 1. The molecular formula is C16H18N2O2S2. The van der Waals surface area contributed by atoms with Crippen LogP contribution in [0.15, 0.2) is 22.0 Å². The number of hydrogen-bond acceptors (Lipinski definition) is 6. The third kappa shape index (κ3) is 2.77. The SMILES string of the molecule is CC(=O)/C(Sc1ncnc2sc3c(c12)CC[C@H](C)C3)=C(\C)O. The molecule has 0 aromatic carbocycles. The van der Waals surface area contributed by atoms with Gasteiger partial charge in [-0.1, -0.05) is 18.7 Å². The number of carbonyl (C=O) groups excluding carboxylic acids is 1. The van der Waals surface area contributed by atoms with Gasteiger partial charge in [0.15, 0.2) is 5.78 Å². The van der Waals surface area contributed by atoms with E-state index >= 15 is 0 Å². The monoisotopic (exact) mass is 334 g/mol. The lowest BCUT2D eigenvalue weighted by atomic mass is 9.89. The summed E-state index contributed by atoms with van der Waals surface area (Å²) in [6.45, 7) is 5.28. The molecule has 0 unspecified atom stereocenters. The summed E-state index contributed by atoms with van der Waals surface area (Å²) in [6.07, 6.45) is 4.84. The number of aromatic nitrogens is 2. The second-order valence-corrected chi connectivity index (χ2v) is 7.87. The van der Waals surface area contributed by atoms with Crippen molar-refractivity contribution >= 4 is 39.1 Å². The molecule has 1 atom stereocenters. The zero-order chi connectivity index (χ0) is 15.9. The number of Topliss-reactive ketones (excluding diaryl/α,β-unsaturated/α-hetero) is 1. The highest BCUT2D eigenvalue weighted by atomic mass is 32.2. The first-order chi connectivity index (χ1) is 10.5. The number of rotatable bonds is 3. The van der Waals surface area contributed by atoms with Gasteiger partial charge in [-0.15, -0.1) is 11.3 Å². The van der Waals surface area contributed by atoms with Crippen LogP contribution in [0.1, 0.15) is 37.6 Å². The Morgan fingerprint density at radius 3 is 2.86 bits per heavy atom. The zero-order valence-electron chi connectivity index (χ0n) is 12.8. The number of allylic oxidation sites excluding steroid dienone is 2. The van der Waals surface area contributed by atoms with Gasteiger partial charge in [-0.3, -0.25) is 4.79 Å². The average Bonchev–Trinajstić information content (AvgIpc) is 2.81. The predicted octanol–water partition coefficient (Wildman–Crippen LogP) is 4.29. The summed E-state index contributed by atoms with van der Waals surface area (Å²) in [4.78, 5) is 23.2. The Morgan fingerprint density at radius 2 is 2.18 bits per heavy atom. The smallest absolute Gasteiger partial charge is 0.169 e. The largest absolute Gasteiger partial charge is 0.511 e. The summed E-state index contributed by atoms with van der Waals surface area (Å²) in [6, 6.07) is 0. The molecular weight excluding hydrogens is 316 g/mol. The number of aliphatic hydroxyl groups excluding tert-OH is 1. The van der Waals surface area contributed by atoms with Crippen LogP contribution in [0.3, 0.4) is 0 Å². The Balaban J connectivity index is 2.11. The molecule has 22 heavy (non-hydrogen) atoms. The highest BCUT2D eigenvalue weighted by Crippen LogP contribution is 2.42. The van der Waals surface area contributed by atoms with Crippen molar-refractivity contribution in [3.63, 3.8) is 0 Å². The second kappa shape index (κ2) is 6.01. The molecule has 1 aliphatic rings. The van der Waals surface area contributed by atoms with E-state index in [1.54, 1.807) is 17.7 Å². The van der Waals surface area contributed by atoms with Crippen molar-refractivity contribution in [3.8, 4) is 0 Å². The number of thiophene rings is 1. The van der Waals surface area contributed by atoms with Crippen LogP contribution < -0.4 is 0 Å². The highest BCUT2D eigenvalue weighted by molar-refractivity contribution is 8.04. The molecule has 0 saturated heterocycles. The Bertz CT molecular complexity index is 776. The quantitative estimate of drug-likeness (QED) is 0.393. The van der Waals surface area contributed by atoms with Gasteiger partial charge in [0.1, 0.15) is 21.9 Å². The molecule has 0 aliphatic heterocycles. The van der Waals surface area contributed by atoms with Crippen molar-refractivity contribution in [1.82, 2.24) is 9.97 Å². The van der Waals surface area contributed by atoms with Crippen LogP contribution in [0.5, 0.6) is 0 Å². The molecule has 2 heterocycles. The van der Waals surface area contributed by atoms with Crippen molar-refractivity contribution in [2.75, 3.05) is 0 Å². The minimum atomic E-state index is -0.144. The van der Waals surface area contributed by atoms with E-state index in [1.807, 2.05) is 0 Å². The van der Waals surface area contributed by atoms with Gasteiger partial charge < -0.3 is 5.11 Å². The third-order valence-electron chi connectivity index (χ3n) is 3.90. The highest BCUT2D eigenvalue weighted by Gasteiger charge is 2.24. The third-order valence-corrected chi connectivity index (χ3v) is 6.36. The number of carbonyl (C=O) groups is 1. The molecule has 1 aliphatic carbocycles. The molecule has 2 aromatic rings. The number of hydrogen-bond donors (Lipinski definition) is 1. The summed E-state index contributed by atoms with van der Waals surface area (Å²) >= 11 is 2.98. The van der Waals surface area contributed by atoms with E-state index in [1.165, 1.54) is 42.5 Å². The molecule has 3 rings (SSSR count). The first-order valence-corrected chi connectivity index (χ1v) is 8.94. The maximum atomic E-state index is 11.7. The minimum Gasteiger partial charge on any atom is -0.511 e. The van der Waals surface area contributed by atoms with Gasteiger partial charge in [-0.25, -0.2) is 9.97 Å². The van der Waals surface area contributed by atoms with Crippen molar-refractivity contribution < 1.29 is 9.90 Å². The van der Waals surface area contributed by atoms with Crippen LogP contribution in [-0.2, 0) is 17.6 Å². The summed E-state index contributed by atoms with van der Waals surface area (Å²) in [7, 11) is 0. The van der Waals surface area contributed by atoms with Gasteiger partial charge in [0.25, 0.3) is 0 Å². The Labute approximate surface area is 137 Å². The van der Waals surface area contributed by atoms with E-state index in [-0.39, 0.29) is 11.5 Å². The maximum absolute atomic E-state index is 11.7. The minimum absolute atomic E-state index is 0.0435. The topological polar surface area (TPSA) is 63.1 Å². The fraction of sp³-hybridized carbons (Fsp3) is 0.438. The molecule has 0 saturated carbocycles. The van der Waals surface area contributed by atoms with E-state index in [4.69, 9.17) is 0 Å². The normalized spacial score (nSPS) is 19.0.